The van der Waals surface area contributed by atoms with Crippen molar-refractivity contribution in [1.29, 1.82) is 0 Å². The number of sulfonamides is 1. The van der Waals surface area contributed by atoms with Gasteiger partial charge in [0, 0.05) is 11.1 Å². The highest BCUT2D eigenvalue weighted by Gasteiger charge is 2.39. The highest BCUT2D eigenvalue weighted by Crippen LogP contribution is 2.39. The summed E-state index contributed by atoms with van der Waals surface area (Å²) in [6, 6.07) is 8.16. The summed E-state index contributed by atoms with van der Waals surface area (Å²) in [6.07, 6.45) is -4.88. The Labute approximate surface area is 156 Å². The second-order valence-corrected chi connectivity index (χ2v) is 7.17. The van der Waals surface area contributed by atoms with E-state index in [0.717, 1.165) is 18.2 Å². The van der Waals surface area contributed by atoms with E-state index in [1.54, 1.807) is 0 Å². The number of benzene rings is 2. The summed E-state index contributed by atoms with van der Waals surface area (Å²) in [5, 5.41) is 5.01. The maximum atomic E-state index is 14.0. The molecule has 28 heavy (non-hydrogen) atoms. The van der Waals surface area contributed by atoms with Crippen LogP contribution in [0.15, 0.2) is 51.8 Å². The van der Waals surface area contributed by atoms with Crippen LogP contribution >= 0.6 is 0 Å². The minimum atomic E-state index is -4.88. The molecule has 11 heteroatoms. The van der Waals surface area contributed by atoms with Crippen LogP contribution in [-0.4, -0.2) is 20.5 Å². The zero-order chi connectivity index (χ0) is 20.7. The molecular formula is C17H12F4N2O4S. The fourth-order valence-corrected chi connectivity index (χ4v) is 2.96. The summed E-state index contributed by atoms with van der Waals surface area (Å²) in [4.78, 5) is 3.22. The fourth-order valence-electron chi connectivity index (χ4n) is 2.44. The number of aromatic nitrogens is 1. The molecule has 0 bridgehead atoms. The first kappa shape index (κ1) is 19.8. The number of nitrogens with zero attached hydrogens (tertiary/aromatic N) is 1. The fraction of sp³-hybridized carbons (Fsp3) is 0.118. The Hall–Kier alpha value is -2.92. The number of halogens is 4. The Morgan fingerprint density at radius 2 is 1.68 bits per heavy atom. The van der Waals surface area contributed by atoms with E-state index in [-0.39, 0.29) is 33.2 Å². The standard InChI is InChI=1S/C17H12F4N2O4S/c1-26-13-7-4-10(8-12(13)18)14-15(27-16(23-14)17(19,20)21)9-2-5-11(6-3-9)28(22,24)25/h2-8H,1H3,(H2,22,24,25). The van der Waals surface area contributed by atoms with Gasteiger partial charge in [0.05, 0.1) is 12.0 Å². The normalized spacial score (nSPS) is 12.2. The number of nitrogens with two attached hydrogens (primary N) is 1. The molecule has 1 aromatic heterocycles. The van der Waals surface area contributed by atoms with E-state index in [0.29, 0.717) is 0 Å². The number of rotatable bonds is 4. The number of hydrogen-bond acceptors (Lipinski definition) is 5. The average molecular weight is 416 g/mol. The molecule has 3 aromatic rings. The molecule has 0 amide bonds. The van der Waals surface area contributed by atoms with Crippen molar-refractivity contribution in [3.8, 4) is 28.3 Å². The molecule has 0 atom stereocenters. The second-order valence-electron chi connectivity index (χ2n) is 5.61. The lowest BCUT2D eigenvalue weighted by molar-refractivity contribution is -0.156. The van der Waals surface area contributed by atoms with Crippen molar-refractivity contribution < 1.29 is 35.1 Å². The van der Waals surface area contributed by atoms with Crippen LogP contribution in [0.2, 0.25) is 0 Å². The molecule has 1 heterocycles. The van der Waals surface area contributed by atoms with Crippen molar-refractivity contribution in [3.05, 3.63) is 54.2 Å². The number of primary sulfonamides is 1. The lowest BCUT2D eigenvalue weighted by Gasteiger charge is -2.05. The van der Waals surface area contributed by atoms with Gasteiger partial charge in [-0.05, 0) is 42.5 Å². The SMILES string of the molecule is COc1ccc(-c2nc(C(F)(F)F)oc2-c2ccc(S(N)(=O)=O)cc2)cc1F. The monoisotopic (exact) mass is 416 g/mol. The van der Waals surface area contributed by atoms with Gasteiger partial charge in [-0.25, -0.2) is 22.9 Å². The first-order valence-corrected chi connectivity index (χ1v) is 9.10. The Bertz CT molecular complexity index is 1120. The van der Waals surface area contributed by atoms with Gasteiger partial charge in [-0.2, -0.15) is 13.2 Å². The second kappa shape index (κ2) is 6.91. The molecule has 0 saturated carbocycles. The van der Waals surface area contributed by atoms with Gasteiger partial charge >= 0.3 is 12.1 Å². The molecule has 0 aliphatic heterocycles. The van der Waals surface area contributed by atoms with Crippen molar-refractivity contribution in [3.63, 3.8) is 0 Å². The van der Waals surface area contributed by atoms with Crippen LogP contribution in [0.5, 0.6) is 5.75 Å². The van der Waals surface area contributed by atoms with E-state index in [2.05, 4.69) is 4.98 Å². The van der Waals surface area contributed by atoms with Gasteiger partial charge < -0.3 is 9.15 Å². The highest BCUT2D eigenvalue weighted by molar-refractivity contribution is 7.89. The predicted octanol–water partition coefficient (Wildman–Crippen LogP) is 3.82. The molecule has 0 aliphatic rings. The van der Waals surface area contributed by atoms with Crippen molar-refractivity contribution in [2.75, 3.05) is 7.11 Å². The summed E-state index contributed by atoms with van der Waals surface area (Å²) in [5.41, 5.74) is -0.151. The zero-order valence-electron chi connectivity index (χ0n) is 14.1. The third kappa shape index (κ3) is 3.85. The van der Waals surface area contributed by atoms with E-state index in [9.17, 15) is 26.0 Å². The summed E-state index contributed by atoms with van der Waals surface area (Å²) < 4.78 is 85.6. The Balaban J connectivity index is 2.18. The average Bonchev–Trinajstić information content (AvgIpc) is 3.07. The van der Waals surface area contributed by atoms with Crippen LogP contribution < -0.4 is 9.88 Å². The van der Waals surface area contributed by atoms with Crippen LogP contribution in [0.4, 0.5) is 17.6 Å². The van der Waals surface area contributed by atoms with Crippen molar-refractivity contribution in [1.82, 2.24) is 4.98 Å². The Morgan fingerprint density at radius 1 is 1.07 bits per heavy atom. The van der Waals surface area contributed by atoms with Gasteiger partial charge in [0.15, 0.2) is 17.3 Å². The van der Waals surface area contributed by atoms with Crippen molar-refractivity contribution >= 4 is 10.0 Å². The molecule has 0 unspecified atom stereocenters. The molecule has 0 aliphatic carbocycles. The van der Waals surface area contributed by atoms with Gasteiger partial charge in [0.2, 0.25) is 10.0 Å². The molecule has 2 N–H and O–H groups in total. The van der Waals surface area contributed by atoms with E-state index in [1.807, 2.05) is 0 Å². The quantitative estimate of drug-likeness (QED) is 0.653. The van der Waals surface area contributed by atoms with Crippen LogP contribution in [0.25, 0.3) is 22.6 Å². The third-order valence-electron chi connectivity index (χ3n) is 3.74. The third-order valence-corrected chi connectivity index (χ3v) is 4.67. The van der Waals surface area contributed by atoms with Gasteiger partial charge in [0.1, 0.15) is 5.69 Å². The van der Waals surface area contributed by atoms with Gasteiger partial charge in [-0.1, -0.05) is 0 Å². The summed E-state index contributed by atoms with van der Waals surface area (Å²) in [7, 11) is -2.74. The summed E-state index contributed by atoms with van der Waals surface area (Å²) in [5.74, 6) is -2.73. The molecular weight excluding hydrogens is 404 g/mol. The number of oxazole rings is 1. The summed E-state index contributed by atoms with van der Waals surface area (Å²) >= 11 is 0. The molecule has 0 saturated heterocycles. The largest absolute Gasteiger partial charge is 0.494 e. The van der Waals surface area contributed by atoms with Crippen LogP contribution in [0, 0.1) is 5.82 Å². The predicted molar refractivity (Wildman–Crippen MR) is 90.3 cm³/mol. The molecule has 2 aromatic carbocycles. The van der Waals surface area contributed by atoms with E-state index < -0.39 is 27.9 Å². The Kier molecular flexibility index (Phi) is 4.90. The number of methoxy groups -OCH3 is 1. The van der Waals surface area contributed by atoms with Crippen molar-refractivity contribution in [2.24, 2.45) is 5.14 Å². The van der Waals surface area contributed by atoms with E-state index >= 15 is 0 Å². The smallest absolute Gasteiger partial charge is 0.468 e. The lowest BCUT2D eigenvalue weighted by atomic mass is 10.1. The topological polar surface area (TPSA) is 95.4 Å². The zero-order valence-corrected chi connectivity index (χ0v) is 14.9. The van der Waals surface area contributed by atoms with Crippen LogP contribution in [0.3, 0.4) is 0 Å². The molecule has 0 spiro atoms. The van der Waals surface area contributed by atoms with Gasteiger partial charge in [-0.3, -0.25) is 0 Å². The number of hydrogen-bond donors (Lipinski definition) is 1. The maximum Gasteiger partial charge on any atom is 0.468 e. The number of alkyl halides is 3. The van der Waals surface area contributed by atoms with Crippen LogP contribution in [-0.2, 0) is 16.2 Å². The first-order valence-electron chi connectivity index (χ1n) is 7.56. The van der Waals surface area contributed by atoms with Gasteiger partial charge in [0.25, 0.3) is 0 Å². The molecule has 6 nitrogen and oxygen atoms in total. The minimum Gasteiger partial charge on any atom is -0.494 e. The summed E-state index contributed by atoms with van der Waals surface area (Å²) in [6.45, 7) is 0. The molecule has 148 valence electrons. The first-order chi connectivity index (χ1) is 13.0. The molecule has 3 rings (SSSR count). The maximum absolute atomic E-state index is 14.0. The van der Waals surface area contributed by atoms with E-state index in [4.69, 9.17) is 14.3 Å². The van der Waals surface area contributed by atoms with Gasteiger partial charge in [-0.15, -0.1) is 0 Å². The Morgan fingerprint density at radius 3 is 2.18 bits per heavy atom. The molecule has 0 radical (unpaired) electrons. The highest BCUT2D eigenvalue weighted by atomic mass is 32.2. The minimum absolute atomic E-state index is 0.0167. The van der Waals surface area contributed by atoms with E-state index in [1.165, 1.54) is 31.4 Å². The number of ether oxygens (including phenoxy) is 1. The molecule has 0 fully saturated rings. The van der Waals surface area contributed by atoms with Crippen molar-refractivity contribution in [2.45, 2.75) is 11.1 Å². The van der Waals surface area contributed by atoms with Crippen LogP contribution in [0.1, 0.15) is 5.89 Å². The lowest BCUT2D eigenvalue weighted by Crippen LogP contribution is -2.11.